The summed E-state index contributed by atoms with van der Waals surface area (Å²) in [5.74, 6) is 1.88. The molecule has 0 rings (SSSR count). The van der Waals surface area contributed by atoms with Crippen LogP contribution in [0.4, 0.5) is 17.3 Å². The Bertz CT molecular complexity index is 56.8. The molecule has 0 fully saturated rings. The van der Waals surface area contributed by atoms with Gasteiger partial charge >= 0.3 is 7.25 Å². The Balaban J connectivity index is 0. The van der Waals surface area contributed by atoms with Crippen LogP contribution >= 0.6 is 12.6 Å². The van der Waals surface area contributed by atoms with Gasteiger partial charge in [0.25, 0.3) is 0 Å². The first-order valence-corrected chi connectivity index (χ1v) is 3.26. The van der Waals surface area contributed by atoms with E-state index in [-0.39, 0.29) is 0 Å². The van der Waals surface area contributed by atoms with E-state index in [1.54, 1.807) is 0 Å². The highest BCUT2D eigenvalue weighted by Crippen LogP contribution is 2.06. The van der Waals surface area contributed by atoms with Crippen molar-refractivity contribution in [1.29, 1.82) is 0 Å². The van der Waals surface area contributed by atoms with Gasteiger partial charge in [0.2, 0.25) is 0 Å². The van der Waals surface area contributed by atoms with E-state index in [2.05, 4.69) is 19.6 Å². The van der Waals surface area contributed by atoms with Gasteiger partial charge in [-0.15, -0.1) is 0 Å². The lowest BCUT2D eigenvalue weighted by molar-refractivity contribution is 0.368. The fourth-order valence-corrected chi connectivity index (χ4v) is 0.387. The normalized spacial score (nSPS) is 10.2. The first kappa shape index (κ1) is 12.8. The van der Waals surface area contributed by atoms with Crippen molar-refractivity contribution < 1.29 is 17.3 Å². The maximum Gasteiger partial charge on any atom is 0.673 e. The van der Waals surface area contributed by atoms with Crippen molar-refractivity contribution in [1.82, 2.24) is 0 Å². The third-order valence-electron chi connectivity index (χ3n) is 0.418. The van der Waals surface area contributed by atoms with Crippen molar-refractivity contribution in [3.05, 3.63) is 5.75 Å². The Kier molecular flexibility index (Phi) is 9.26. The Labute approximate surface area is 63.5 Å². The van der Waals surface area contributed by atoms with Gasteiger partial charge in [0, 0.05) is 5.75 Å². The molecule has 0 unspecified atom stereocenters. The van der Waals surface area contributed by atoms with Crippen molar-refractivity contribution in [2.24, 2.45) is 0 Å². The summed E-state index contributed by atoms with van der Waals surface area (Å²) in [6.45, 7) is 2.13. The van der Waals surface area contributed by atoms with Crippen LogP contribution in [0, 0.1) is 5.75 Å². The summed E-state index contributed by atoms with van der Waals surface area (Å²) < 4.78 is 39.0. The van der Waals surface area contributed by atoms with E-state index >= 15 is 0 Å². The molecule has 0 saturated carbocycles. The van der Waals surface area contributed by atoms with Crippen molar-refractivity contribution >= 4 is 19.9 Å². The van der Waals surface area contributed by atoms with Gasteiger partial charge in [-0.1, -0.05) is 13.3 Å². The molecule has 0 nitrogen and oxygen atoms in total. The summed E-state index contributed by atoms with van der Waals surface area (Å²) in [5, 5.41) is 0. The molecule has 10 heavy (non-hydrogen) atoms. The third-order valence-corrected chi connectivity index (χ3v) is 0.676. The van der Waals surface area contributed by atoms with E-state index in [1.165, 1.54) is 6.42 Å². The minimum Gasteiger partial charge on any atom is -0.418 e. The van der Waals surface area contributed by atoms with Crippen LogP contribution in [-0.2, 0) is 0 Å². The van der Waals surface area contributed by atoms with E-state index in [1.807, 2.05) is 5.75 Å². The highest BCUT2D eigenvalue weighted by atomic mass is 32.1. The average molecular weight is 176 g/mol. The summed E-state index contributed by atoms with van der Waals surface area (Å²) in [6, 6.07) is 0. The predicted octanol–water partition coefficient (Wildman–Crippen LogP) is 3.18. The number of halogens is 4. The lowest BCUT2D eigenvalue weighted by atomic mass is 10.3. The van der Waals surface area contributed by atoms with Crippen LogP contribution in [-0.4, -0.2) is 7.25 Å². The lowest BCUT2D eigenvalue weighted by Gasteiger charge is -1.94. The molecule has 0 N–H and O–H groups in total. The van der Waals surface area contributed by atoms with Gasteiger partial charge in [0.05, 0.1) is 0 Å². The molecule has 63 valence electrons. The summed E-state index contributed by atoms with van der Waals surface area (Å²) >= 11 is 3.88. The van der Waals surface area contributed by atoms with Crippen LogP contribution in [0.15, 0.2) is 0 Å². The van der Waals surface area contributed by atoms with E-state index in [0.29, 0.717) is 0 Å². The number of hydrogen-bond donors (Lipinski definition) is 1. The maximum absolute atomic E-state index is 9.75. The molecule has 0 amide bonds. The maximum atomic E-state index is 9.75. The van der Waals surface area contributed by atoms with Crippen LogP contribution in [0.2, 0.25) is 0 Å². The second-order valence-corrected chi connectivity index (χ2v) is 1.83. The van der Waals surface area contributed by atoms with Gasteiger partial charge in [0.1, 0.15) is 0 Å². The van der Waals surface area contributed by atoms with Gasteiger partial charge in [-0.3, -0.25) is 0 Å². The second-order valence-electron chi connectivity index (χ2n) is 1.47. The van der Waals surface area contributed by atoms with Crippen LogP contribution < -0.4 is 0 Å². The molecule has 0 aromatic carbocycles. The first-order chi connectivity index (χ1) is 4.41. The highest BCUT2D eigenvalue weighted by Gasteiger charge is 2.20. The fraction of sp³-hybridized carbons (Fsp3) is 0.750. The molecule has 0 aliphatic heterocycles. The minimum absolute atomic E-state index is 1.13. The molecule has 0 spiro atoms. The Morgan fingerprint density at radius 1 is 1.30 bits per heavy atom. The van der Waals surface area contributed by atoms with Crippen molar-refractivity contribution in [2.45, 2.75) is 19.8 Å². The number of rotatable bonds is 2. The van der Waals surface area contributed by atoms with Gasteiger partial charge < -0.3 is 17.3 Å². The van der Waals surface area contributed by atoms with E-state index in [4.69, 9.17) is 0 Å². The lowest BCUT2D eigenvalue weighted by Crippen LogP contribution is -2.02. The molecule has 0 atom stereocenters. The Hall–Kier alpha value is 0.135. The van der Waals surface area contributed by atoms with E-state index in [9.17, 15) is 17.3 Å². The molecular formula is C4H9BF4S-. The smallest absolute Gasteiger partial charge is 0.418 e. The number of thiol groups is 1. The van der Waals surface area contributed by atoms with Gasteiger partial charge in [-0.2, -0.15) is 12.6 Å². The third kappa shape index (κ3) is 90.9. The number of unbranched alkanes of at least 4 members (excludes halogenated alkanes) is 1. The summed E-state index contributed by atoms with van der Waals surface area (Å²) in [6.07, 6.45) is 2.34. The topological polar surface area (TPSA) is 0 Å². The molecule has 6 heteroatoms. The van der Waals surface area contributed by atoms with E-state index in [0.717, 1.165) is 6.42 Å². The van der Waals surface area contributed by atoms with Crippen LogP contribution in [0.5, 0.6) is 0 Å². The zero-order chi connectivity index (χ0) is 8.62. The van der Waals surface area contributed by atoms with Crippen molar-refractivity contribution in [3.8, 4) is 0 Å². The quantitative estimate of drug-likeness (QED) is 0.372. The largest absolute Gasteiger partial charge is 0.673 e. The molecular weight excluding hydrogens is 167 g/mol. The van der Waals surface area contributed by atoms with Crippen LogP contribution in [0.3, 0.4) is 0 Å². The molecule has 0 aromatic rings. The monoisotopic (exact) mass is 176 g/mol. The predicted molar refractivity (Wildman–Crippen MR) is 38.4 cm³/mol. The fourth-order valence-electron chi connectivity index (χ4n) is 0.129. The average Bonchev–Trinajstić information content (AvgIpc) is 1.63. The van der Waals surface area contributed by atoms with Gasteiger partial charge in [0.15, 0.2) is 0 Å². The number of hydrogen-bond acceptors (Lipinski definition) is 1. The van der Waals surface area contributed by atoms with Crippen molar-refractivity contribution in [2.75, 3.05) is 0 Å². The SMILES string of the molecule is CCC[CH]S.F[B-](F)(F)F. The highest BCUT2D eigenvalue weighted by molar-refractivity contribution is 7.82. The Morgan fingerprint density at radius 3 is 1.60 bits per heavy atom. The minimum atomic E-state index is -6.00. The zero-order valence-corrected chi connectivity index (χ0v) is 6.42. The molecule has 0 bridgehead atoms. The summed E-state index contributed by atoms with van der Waals surface area (Å²) in [4.78, 5) is 0. The van der Waals surface area contributed by atoms with Crippen LogP contribution in [0.1, 0.15) is 19.8 Å². The summed E-state index contributed by atoms with van der Waals surface area (Å²) in [5.41, 5.74) is 0. The molecule has 0 aromatic heterocycles. The Morgan fingerprint density at radius 2 is 1.60 bits per heavy atom. The van der Waals surface area contributed by atoms with Crippen molar-refractivity contribution in [3.63, 3.8) is 0 Å². The van der Waals surface area contributed by atoms with Crippen LogP contribution in [0.25, 0.3) is 0 Å². The van der Waals surface area contributed by atoms with Gasteiger partial charge in [-0.25, -0.2) is 0 Å². The zero-order valence-electron chi connectivity index (χ0n) is 5.53. The molecule has 0 heterocycles. The standard InChI is InChI=1S/C4H9S.BF4/c1-2-3-4-5;2-1(3,4)5/h4-5H,2-3H2,1H3;/q;-1. The molecule has 1 radical (unpaired) electrons. The van der Waals surface area contributed by atoms with Gasteiger partial charge in [-0.05, 0) is 6.42 Å². The molecule has 0 saturated heterocycles. The molecule has 0 aliphatic carbocycles. The van der Waals surface area contributed by atoms with E-state index < -0.39 is 7.25 Å². The second kappa shape index (κ2) is 7.24. The molecule has 0 aliphatic rings. The summed E-state index contributed by atoms with van der Waals surface area (Å²) in [7, 11) is -6.00. The first-order valence-electron chi connectivity index (χ1n) is 2.75.